The minimum atomic E-state index is -5.29. The number of carbonyl (C=O) groups is 3. The van der Waals surface area contributed by atoms with Crippen molar-refractivity contribution in [2.45, 2.75) is 41.6 Å². The number of rotatable bonds is 11. The van der Waals surface area contributed by atoms with Gasteiger partial charge in [-0.25, -0.2) is 26.2 Å². The summed E-state index contributed by atoms with van der Waals surface area (Å²) in [6.45, 7) is 2.09. The molecule has 14 nitrogen and oxygen atoms in total. The summed E-state index contributed by atoms with van der Waals surface area (Å²) < 4.78 is 88.8. The van der Waals surface area contributed by atoms with Crippen LogP contribution in [0.3, 0.4) is 0 Å². The van der Waals surface area contributed by atoms with Crippen molar-refractivity contribution in [3.8, 4) is 0 Å². The number of benzene rings is 2. The molecule has 0 saturated carbocycles. The molecule has 1 fully saturated rings. The first-order valence-corrected chi connectivity index (χ1v) is 22.7. The van der Waals surface area contributed by atoms with Gasteiger partial charge in [-0.05, 0) is 63.5 Å². The van der Waals surface area contributed by atoms with Crippen molar-refractivity contribution in [2.75, 3.05) is 44.6 Å². The fraction of sp³-hybridized carbons (Fsp3) is 0.333. The summed E-state index contributed by atoms with van der Waals surface area (Å²) in [6, 6.07) is 8.77. The van der Waals surface area contributed by atoms with Crippen LogP contribution >= 0.6 is 0 Å². The van der Waals surface area contributed by atoms with Gasteiger partial charge in [0.05, 0.1) is 16.2 Å². The molecule has 2 unspecified atom stereocenters. The maximum absolute atomic E-state index is 13.4. The molecule has 0 radical (unpaired) electrons. The molecule has 0 aromatic heterocycles. The molecule has 2 atom stereocenters. The van der Waals surface area contributed by atoms with Gasteiger partial charge in [0.15, 0.2) is 5.71 Å². The molecule has 5 rings (SSSR count). The first-order valence-electron chi connectivity index (χ1n) is 15.7. The van der Waals surface area contributed by atoms with Crippen LogP contribution in [0.4, 0.5) is 5.69 Å². The number of fused-ring (bicyclic) bond motifs is 2. The smallest absolute Gasteiger partial charge is 0.334 e. The molecule has 3 aliphatic rings. The monoisotopic (exact) mass is 774 g/mol. The third-order valence-electron chi connectivity index (χ3n) is 9.11. The van der Waals surface area contributed by atoms with E-state index in [9.17, 15) is 44.5 Å². The van der Waals surface area contributed by atoms with Crippen LogP contribution in [0.15, 0.2) is 75.2 Å². The van der Waals surface area contributed by atoms with Crippen molar-refractivity contribution in [1.29, 1.82) is 0 Å². The zero-order chi connectivity index (χ0) is 37.6. The quantitative estimate of drug-likeness (QED) is 0.137. The zero-order valence-corrected chi connectivity index (χ0v) is 31.9. The highest BCUT2D eigenvalue weighted by molar-refractivity contribution is 7.86. The third-order valence-corrected chi connectivity index (χ3v) is 17.0. The maximum atomic E-state index is 13.4. The average Bonchev–Trinajstić information content (AvgIpc) is 3.37. The SMILES string of the molecule is CN(C)c1ccc2c(c1)[Si](C)(CCS(=O)CCC(=O)ON1C(=O)CCC1=O)C1=CC(=[N+](C)C)C=CC1=C2c1ccc(S(=O)(=O)[O-])cc1S(=O)(=O)[O-]. The van der Waals surface area contributed by atoms with Crippen molar-refractivity contribution >= 4 is 79.1 Å². The van der Waals surface area contributed by atoms with Crippen molar-refractivity contribution in [2.24, 2.45) is 0 Å². The lowest BCUT2D eigenvalue weighted by atomic mass is 9.89. The number of nitrogens with zero attached hydrogens (tertiary/aromatic N) is 3. The molecule has 1 saturated heterocycles. The average molecular weight is 775 g/mol. The van der Waals surface area contributed by atoms with E-state index in [0.717, 1.165) is 27.8 Å². The topological polar surface area (TPSA) is 201 Å². The summed E-state index contributed by atoms with van der Waals surface area (Å²) >= 11 is 0. The fourth-order valence-corrected chi connectivity index (χ4v) is 14.1. The Bertz CT molecular complexity index is 2220. The number of imide groups is 1. The van der Waals surface area contributed by atoms with Gasteiger partial charge in [0.25, 0.3) is 11.8 Å². The minimum Gasteiger partial charge on any atom is -0.744 e. The standard InChI is InChI=1S/C33H37N3O11S3Si/c1-34(2)21-6-9-25-28(18-21)51(5,17-16-48(40)15-14-32(39)47-36-30(37)12-13-31(36)38)29-19-22(35(3)4)7-10-26(29)33(25)24-11-8-23(49(41,42)43)20-27(24)50(44,45)46/h6-11,18-20H,12-17H2,1-5H3,(H-,41,42,43,44,45,46)/p-1. The highest BCUT2D eigenvalue weighted by Gasteiger charge is 2.44. The molecule has 2 aromatic carbocycles. The van der Waals surface area contributed by atoms with Crippen molar-refractivity contribution in [3.05, 3.63) is 76.5 Å². The molecule has 0 N–H and O–H groups in total. The van der Waals surface area contributed by atoms with E-state index in [0.29, 0.717) is 33.9 Å². The Morgan fingerprint density at radius 2 is 1.61 bits per heavy atom. The van der Waals surface area contributed by atoms with Gasteiger partial charge in [0.1, 0.15) is 42.4 Å². The summed E-state index contributed by atoms with van der Waals surface area (Å²) in [7, 11) is -7.43. The number of hydroxylamine groups is 2. The van der Waals surface area contributed by atoms with Crippen LogP contribution < -0.4 is 10.1 Å². The molecular formula is C33H36N3O11S3Si-. The predicted molar refractivity (Wildman–Crippen MR) is 189 cm³/mol. The lowest BCUT2D eigenvalue weighted by molar-refractivity contribution is -0.462. The van der Waals surface area contributed by atoms with Gasteiger partial charge in [-0.2, -0.15) is 0 Å². The van der Waals surface area contributed by atoms with E-state index in [1.807, 2.05) is 62.0 Å². The molecule has 18 heteroatoms. The van der Waals surface area contributed by atoms with E-state index in [2.05, 4.69) is 6.55 Å². The third kappa shape index (κ3) is 7.75. The molecule has 2 heterocycles. The van der Waals surface area contributed by atoms with E-state index < -0.39 is 66.7 Å². The van der Waals surface area contributed by atoms with Gasteiger partial charge < -0.3 is 18.8 Å². The minimum absolute atomic E-state index is 0.0458. The van der Waals surface area contributed by atoms with E-state index in [1.54, 1.807) is 12.1 Å². The largest absolute Gasteiger partial charge is 0.744 e. The zero-order valence-electron chi connectivity index (χ0n) is 28.5. The Kier molecular flexibility index (Phi) is 10.6. The van der Waals surface area contributed by atoms with Crippen LogP contribution in [0.2, 0.25) is 12.6 Å². The highest BCUT2D eigenvalue weighted by Crippen LogP contribution is 2.45. The van der Waals surface area contributed by atoms with Crippen molar-refractivity contribution in [3.63, 3.8) is 0 Å². The van der Waals surface area contributed by atoms with Gasteiger partial charge in [0.2, 0.25) is 0 Å². The predicted octanol–water partition coefficient (Wildman–Crippen LogP) is 1.16. The van der Waals surface area contributed by atoms with Gasteiger partial charge in [-0.3, -0.25) is 13.8 Å². The number of hydrogen-bond donors (Lipinski definition) is 0. The summed E-state index contributed by atoms with van der Waals surface area (Å²) in [5.41, 5.74) is 3.12. The molecule has 1 aliphatic carbocycles. The fourth-order valence-electron chi connectivity index (χ4n) is 6.31. The Morgan fingerprint density at radius 3 is 2.20 bits per heavy atom. The van der Waals surface area contributed by atoms with Crippen molar-refractivity contribution < 1.29 is 53.9 Å². The number of hydrogen-bond acceptors (Lipinski definition) is 12. The maximum Gasteiger partial charge on any atom is 0.334 e. The lowest BCUT2D eigenvalue weighted by Crippen LogP contribution is -2.53. The van der Waals surface area contributed by atoms with Crippen LogP contribution in [0.1, 0.15) is 30.4 Å². The van der Waals surface area contributed by atoms with E-state index in [-0.39, 0.29) is 36.3 Å². The molecular weight excluding hydrogens is 739 g/mol. The van der Waals surface area contributed by atoms with Gasteiger partial charge >= 0.3 is 5.97 Å². The van der Waals surface area contributed by atoms with Gasteiger partial charge in [-0.15, -0.1) is 5.06 Å². The second-order valence-electron chi connectivity index (χ2n) is 12.9. The lowest BCUT2D eigenvalue weighted by Gasteiger charge is -2.41. The Hall–Kier alpha value is -4.07. The number of amides is 2. The number of anilines is 1. The highest BCUT2D eigenvalue weighted by atomic mass is 32.2. The summed E-state index contributed by atoms with van der Waals surface area (Å²) in [5.74, 6) is -1.99. The molecule has 272 valence electrons. The Morgan fingerprint density at radius 1 is 0.961 bits per heavy atom. The molecule has 2 aromatic rings. The van der Waals surface area contributed by atoms with Gasteiger partial charge in [0, 0.05) is 72.6 Å². The summed E-state index contributed by atoms with van der Waals surface area (Å²) in [5, 5.41) is 2.12. The van der Waals surface area contributed by atoms with Crippen molar-refractivity contribution in [1.82, 2.24) is 5.06 Å². The molecule has 2 amide bonds. The normalized spacial score (nSPS) is 19.5. The van der Waals surface area contributed by atoms with E-state index in [1.165, 1.54) is 6.07 Å². The van der Waals surface area contributed by atoms with Crippen LogP contribution in [-0.4, -0.2) is 111 Å². The van der Waals surface area contributed by atoms with E-state index in [4.69, 9.17) is 4.84 Å². The summed E-state index contributed by atoms with van der Waals surface area (Å²) in [6.07, 6.45) is 5.23. The van der Waals surface area contributed by atoms with Crippen LogP contribution in [0.5, 0.6) is 0 Å². The van der Waals surface area contributed by atoms with Crippen LogP contribution in [0, 0.1) is 0 Å². The van der Waals surface area contributed by atoms with E-state index >= 15 is 0 Å². The van der Waals surface area contributed by atoms with Gasteiger partial charge in [-0.1, -0.05) is 18.7 Å². The second-order valence-corrected chi connectivity index (χ2v) is 21.6. The van der Waals surface area contributed by atoms with Crippen LogP contribution in [-0.2, 0) is 50.3 Å². The first-order chi connectivity index (χ1) is 23.7. The Labute approximate surface area is 299 Å². The second kappa shape index (κ2) is 14.2. The molecule has 51 heavy (non-hydrogen) atoms. The first kappa shape index (κ1) is 38.2. The summed E-state index contributed by atoms with van der Waals surface area (Å²) in [4.78, 5) is 41.2. The molecule has 2 aliphatic heterocycles. The molecule has 0 bridgehead atoms. The Balaban J connectivity index is 1.61. The molecule has 0 spiro atoms. The number of carbonyl (C=O) groups excluding carboxylic acids is 3. The van der Waals surface area contributed by atoms with Crippen LogP contribution in [0.25, 0.3) is 5.57 Å². The number of allylic oxidation sites excluding steroid dienone is 5.